The fourth-order valence-electron chi connectivity index (χ4n) is 2.50. The maximum absolute atomic E-state index is 3.83. The molecule has 118 valence electrons. The zero-order chi connectivity index (χ0) is 16.1. The highest BCUT2D eigenvalue weighted by Gasteiger charge is 2.06. The highest BCUT2D eigenvalue weighted by Crippen LogP contribution is 2.21. The first-order valence-electron chi connectivity index (χ1n) is 7.61. The van der Waals surface area contributed by atoms with E-state index in [9.17, 15) is 0 Å². The summed E-state index contributed by atoms with van der Waals surface area (Å²) < 4.78 is 3.08. The summed E-state index contributed by atoms with van der Waals surface area (Å²) in [6.07, 6.45) is 3.46. The Labute approximate surface area is 144 Å². The van der Waals surface area contributed by atoms with Crippen LogP contribution in [0.1, 0.15) is 24.0 Å². The van der Waals surface area contributed by atoms with E-state index in [0.717, 1.165) is 23.2 Å². The van der Waals surface area contributed by atoms with Crippen molar-refractivity contribution < 1.29 is 0 Å². The van der Waals surface area contributed by atoms with Crippen LogP contribution in [0.5, 0.6) is 0 Å². The minimum atomic E-state index is 0.439. The summed E-state index contributed by atoms with van der Waals surface area (Å²) in [4.78, 5) is 0. The lowest BCUT2D eigenvalue weighted by molar-refractivity contribution is 0.791. The van der Waals surface area contributed by atoms with Crippen LogP contribution in [0.25, 0.3) is 0 Å². The van der Waals surface area contributed by atoms with E-state index in [0.29, 0.717) is 5.92 Å². The number of rotatable bonds is 6. The predicted octanol–water partition coefficient (Wildman–Crippen LogP) is 4.30. The number of nitrogens with zero attached hydrogens (tertiary/aromatic N) is 3. The van der Waals surface area contributed by atoms with Gasteiger partial charge in [0.1, 0.15) is 12.7 Å². The van der Waals surface area contributed by atoms with Crippen molar-refractivity contribution in [2.45, 2.75) is 19.4 Å². The van der Waals surface area contributed by atoms with Crippen molar-refractivity contribution in [3.63, 3.8) is 0 Å². The van der Waals surface area contributed by atoms with Gasteiger partial charge in [0.25, 0.3) is 0 Å². The largest absolute Gasteiger partial charge is 0.384 e. The summed E-state index contributed by atoms with van der Waals surface area (Å²) in [5.74, 6) is 0.439. The lowest BCUT2D eigenvalue weighted by Crippen LogP contribution is -2.10. The van der Waals surface area contributed by atoms with E-state index >= 15 is 0 Å². The molecule has 0 saturated carbocycles. The van der Waals surface area contributed by atoms with E-state index in [4.69, 9.17) is 0 Å². The molecule has 5 heteroatoms. The fraction of sp³-hybridized carbons (Fsp3) is 0.222. The van der Waals surface area contributed by atoms with Crippen LogP contribution in [0.2, 0.25) is 0 Å². The van der Waals surface area contributed by atoms with Gasteiger partial charge < -0.3 is 9.88 Å². The summed E-state index contributed by atoms with van der Waals surface area (Å²) in [5, 5.41) is 11.2. The first-order valence-corrected chi connectivity index (χ1v) is 8.41. The lowest BCUT2D eigenvalue weighted by Gasteiger charge is -2.15. The summed E-state index contributed by atoms with van der Waals surface area (Å²) >= 11 is 3.53. The smallest absolute Gasteiger partial charge is 0.119 e. The minimum Gasteiger partial charge on any atom is -0.384 e. The first-order chi connectivity index (χ1) is 11.2. The Morgan fingerprint density at radius 3 is 2.65 bits per heavy atom. The molecule has 0 saturated heterocycles. The minimum absolute atomic E-state index is 0.439. The lowest BCUT2D eigenvalue weighted by atomic mass is 10.0. The van der Waals surface area contributed by atoms with Gasteiger partial charge in [0.05, 0.1) is 6.54 Å². The van der Waals surface area contributed by atoms with Crippen LogP contribution in [0.4, 0.5) is 5.69 Å². The predicted molar refractivity (Wildman–Crippen MR) is 96.6 cm³/mol. The molecule has 23 heavy (non-hydrogen) atoms. The van der Waals surface area contributed by atoms with Gasteiger partial charge in [-0.1, -0.05) is 47.1 Å². The Balaban J connectivity index is 1.62. The Bertz CT molecular complexity index is 755. The number of benzene rings is 2. The molecule has 0 aliphatic carbocycles. The van der Waals surface area contributed by atoms with Gasteiger partial charge in [0.15, 0.2) is 0 Å². The number of hydrogen-bond donors (Lipinski definition) is 1. The van der Waals surface area contributed by atoms with Gasteiger partial charge in [-0.25, -0.2) is 0 Å². The van der Waals surface area contributed by atoms with Crippen LogP contribution in [0, 0.1) is 0 Å². The molecule has 1 N–H and O–H groups in total. The van der Waals surface area contributed by atoms with Crippen molar-refractivity contribution in [2.75, 3.05) is 11.9 Å². The topological polar surface area (TPSA) is 42.7 Å². The van der Waals surface area contributed by atoms with Crippen LogP contribution >= 0.6 is 15.9 Å². The van der Waals surface area contributed by atoms with Crippen molar-refractivity contribution in [1.29, 1.82) is 0 Å². The van der Waals surface area contributed by atoms with Gasteiger partial charge in [-0.05, 0) is 41.3 Å². The summed E-state index contributed by atoms with van der Waals surface area (Å²) in [5.41, 5.74) is 3.69. The molecule has 1 atom stereocenters. The molecule has 2 aromatic carbocycles. The van der Waals surface area contributed by atoms with Crippen LogP contribution in [0.15, 0.2) is 65.7 Å². The number of aromatic nitrogens is 3. The molecule has 0 radical (unpaired) electrons. The fourth-order valence-corrected chi connectivity index (χ4v) is 2.91. The molecule has 0 bridgehead atoms. The second kappa shape index (κ2) is 7.42. The third kappa shape index (κ3) is 4.42. The Hall–Kier alpha value is -2.14. The molecule has 4 nitrogen and oxygen atoms in total. The van der Waals surface area contributed by atoms with Crippen molar-refractivity contribution >= 4 is 21.6 Å². The van der Waals surface area contributed by atoms with Gasteiger partial charge in [-0.15, -0.1) is 10.2 Å². The van der Waals surface area contributed by atoms with Crippen molar-refractivity contribution in [1.82, 2.24) is 14.8 Å². The molecule has 0 fully saturated rings. The Morgan fingerprint density at radius 2 is 1.87 bits per heavy atom. The molecule has 3 rings (SSSR count). The van der Waals surface area contributed by atoms with Gasteiger partial charge in [-0.3, -0.25) is 0 Å². The third-order valence-corrected chi connectivity index (χ3v) is 4.28. The van der Waals surface area contributed by atoms with E-state index < -0.39 is 0 Å². The average Bonchev–Trinajstić information content (AvgIpc) is 3.06. The highest BCUT2D eigenvalue weighted by atomic mass is 79.9. The molecule has 1 heterocycles. The number of anilines is 1. The van der Waals surface area contributed by atoms with Crippen LogP contribution in [0.3, 0.4) is 0 Å². The second-order valence-corrected chi connectivity index (χ2v) is 6.59. The zero-order valence-electron chi connectivity index (χ0n) is 13.0. The van der Waals surface area contributed by atoms with E-state index in [1.165, 1.54) is 11.1 Å². The van der Waals surface area contributed by atoms with Gasteiger partial charge in [0, 0.05) is 16.7 Å². The summed E-state index contributed by atoms with van der Waals surface area (Å²) in [6.45, 7) is 3.91. The molecule has 3 aromatic rings. The summed E-state index contributed by atoms with van der Waals surface area (Å²) in [7, 11) is 0. The van der Waals surface area contributed by atoms with Gasteiger partial charge in [0.2, 0.25) is 0 Å². The van der Waals surface area contributed by atoms with Crippen LogP contribution in [-0.2, 0) is 6.54 Å². The number of hydrogen-bond acceptors (Lipinski definition) is 3. The van der Waals surface area contributed by atoms with E-state index in [1.807, 2.05) is 4.57 Å². The monoisotopic (exact) mass is 370 g/mol. The SMILES string of the molecule is C[C@@H](CNc1cccc(Cn2cnnc2)c1)c1cccc(Br)c1. The molecule has 1 aromatic heterocycles. The molecule has 0 spiro atoms. The molecular formula is C18H19BrN4. The maximum Gasteiger partial charge on any atom is 0.119 e. The zero-order valence-corrected chi connectivity index (χ0v) is 14.6. The van der Waals surface area contributed by atoms with Crippen molar-refractivity contribution in [2.24, 2.45) is 0 Å². The summed E-state index contributed by atoms with van der Waals surface area (Å²) in [6, 6.07) is 16.9. The average molecular weight is 371 g/mol. The molecule has 0 aliphatic heterocycles. The molecule has 0 aliphatic rings. The Morgan fingerprint density at radius 1 is 1.09 bits per heavy atom. The Kier molecular flexibility index (Phi) is 5.08. The third-order valence-electron chi connectivity index (χ3n) is 3.79. The number of halogens is 1. The van der Waals surface area contributed by atoms with E-state index in [2.05, 4.69) is 86.9 Å². The normalized spacial score (nSPS) is 12.1. The molecular weight excluding hydrogens is 352 g/mol. The van der Waals surface area contributed by atoms with Crippen molar-refractivity contribution in [3.05, 3.63) is 76.8 Å². The maximum atomic E-state index is 3.83. The standard InChI is InChI=1S/C18H19BrN4/c1-14(16-5-3-6-17(19)9-16)10-20-18-7-2-4-15(8-18)11-23-12-21-22-13-23/h2-9,12-14,20H,10-11H2,1H3/t14-/m0/s1. The van der Waals surface area contributed by atoms with E-state index in [-0.39, 0.29) is 0 Å². The van der Waals surface area contributed by atoms with Crippen LogP contribution < -0.4 is 5.32 Å². The van der Waals surface area contributed by atoms with Gasteiger partial charge >= 0.3 is 0 Å². The quantitative estimate of drug-likeness (QED) is 0.702. The molecule has 0 amide bonds. The van der Waals surface area contributed by atoms with Crippen LogP contribution in [-0.4, -0.2) is 21.3 Å². The molecule has 0 unspecified atom stereocenters. The van der Waals surface area contributed by atoms with E-state index in [1.54, 1.807) is 12.7 Å². The van der Waals surface area contributed by atoms with Crippen molar-refractivity contribution in [3.8, 4) is 0 Å². The highest BCUT2D eigenvalue weighted by molar-refractivity contribution is 9.10. The first kappa shape index (κ1) is 15.7. The second-order valence-electron chi connectivity index (χ2n) is 5.67. The number of nitrogens with one attached hydrogen (secondary N) is 1. The van der Waals surface area contributed by atoms with Gasteiger partial charge in [-0.2, -0.15) is 0 Å².